The van der Waals surface area contributed by atoms with E-state index < -0.39 is 0 Å². The van der Waals surface area contributed by atoms with E-state index in [1.807, 2.05) is 0 Å². The van der Waals surface area contributed by atoms with Crippen molar-refractivity contribution in [1.29, 1.82) is 0 Å². The zero-order valence-electron chi connectivity index (χ0n) is 10.8. The molecule has 1 N–H and O–H groups in total. The molecule has 0 fully saturated rings. The first-order valence-electron chi connectivity index (χ1n) is 6.27. The minimum absolute atomic E-state index is 0.801. The molecule has 0 aliphatic carbocycles. The summed E-state index contributed by atoms with van der Waals surface area (Å²) in [5.74, 6) is 0. The van der Waals surface area contributed by atoms with Crippen molar-refractivity contribution in [3.05, 3.63) is 33.8 Å². The average molecular weight is 300 g/mol. The predicted molar refractivity (Wildman–Crippen MR) is 76.3 cm³/mol. The number of nitrogens with one attached hydrogen (secondary N) is 1. The zero-order valence-corrected chi connectivity index (χ0v) is 12.3. The van der Waals surface area contributed by atoms with Crippen LogP contribution >= 0.6 is 15.9 Å². The third-order valence-electron chi connectivity index (χ3n) is 2.62. The fourth-order valence-corrected chi connectivity index (χ4v) is 1.79. The van der Waals surface area contributed by atoms with Crippen LogP contribution in [-0.2, 0) is 11.3 Å². The summed E-state index contributed by atoms with van der Waals surface area (Å²) in [6.45, 7) is 7.80. The second kappa shape index (κ2) is 8.67. The highest BCUT2D eigenvalue weighted by atomic mass is 79.9. The van der Waals surface area contributed by atoms with Gasteiger partial charge in [0.1, 0.15) is 0 Å². The molecule has 0 saturated carbocycles. The molecular formula is C14H22BrNO. The molecule has 96 valence electrons. The summed E-state index contributed by atoms with van der Waals surface area (Å²) in [7, 11) is 0. The summed E-state index contributed by atoms with van der Waals surface area (Å²) in [5, 5.41) is 3.38. The SMILES string of the molecule is CCCCOCCNCc1ccc(Br)c(C)c1. The topological polar surface area (TPSA) is 21.3 Å². The van der Waals surface area contributed by atoms with Gasteiger partial charge in [-0.1, -0.05) is 41.4 Å². The van der Waals surface area contributed by atoms with E-state index in [9.17, 15) is 0 Å². The van der Waals surface area contributed by atoms with Gasteiger partial charge in [0.25, 0.3) is 0 Å². The number of benzene rings is 1. The Morgan fingerprint density at radius 3 is 2.82 bits per heavy atom. The molecule has 1 rings (SSSR count). The Bertz CT molecular complexity index is 328. The van der Waals surface area contributed by atoms with Gasteiger partial charge in [-0.05, 0) is 30.5 Å². The standard InChI is InChI=1S/C14H22BrNO/c1-3-4-8-17-9-7-16-11-13-5-6-14(15)12(2)10-13/h5-6,10,16H,3-4,7-9,11H2,1-2H3. The van der Waals surface area contributed by atoms with E-state index >= 15 is 0 Å². The van der Waals surface area contributed by atoms with Crippen molar-refractivity contribution in [3.8, 4) is 0 Å². The molecule has 2 nitrogen and oxygen atoms in total. The Labute approximate surface area is 113 Å². The molecule has 0 spiro atoms. The van der Waals surface area contributed by atoms with E-state index in [1.54, 1.807) is 0 Å². The minimum Gasteiger partial charge on any atom is -0.380 e. The number of halogens is 1. The number of hydrogen-bond acceptors (Lipinski definition) is 2. The largest absolute Gasteiger partial charge is 0.380 e. The van der Waals surface area contributed by atoms with Crippen molar-refractivity contribution >= 4 is 15.9 Å². The molecule has 0 radical (unpaired) electrons. The van der Waals surface area contributed by atoms with Gasteiger partial charge in [-0.2, -0.15) is 0 Å². The van der Waals surface area contributed by atoms with Gasteiger partial charge in [0, 0.05) is 24.2 Å². The summed E-state index contributed by atoms with van der Waals surface area (Å²) in [6, 6.07) is 6.45. The van der Waals surface area contributed by atoms with E-state index in [1.165, 1.54) is 22.0 Å². The summed E-state index contributed by atoms with van der Waals surface area (Å²) in [6.07, 6.45) is 2.36. The fourth-order valence-electron chi connectivity index (χ4n) is 1.54. The first kappa shape index (κ1) is 14.7. The van der Waals surface area contributed by atoms with Crippen LogP contribution in [0, 0.1) is 6.92 Å². The van der Waals surface area contributed by atoms with Crippen LogP contribution in [0.2, 0.25) is 0 Å². The van der Waals surface area contributed by atoms with Gasteiger partial charge in [0.15, 0.2) is 0 Å². The maximum Gasteiger partial charge on any atom is 0.0591 e. The Kier molecular flexibility index (Phi) is 7.49. The van der Waals surface area contributed by atoms with Crippen LogP contribution in [-0.4, -0.2) is 19.8 Å². The monoisotopic (exact) mass is 299 g/mol. The Balaban J connectivity index is 2.11. The van der Waals surface area contributed by atoms with Crippen LogP contribution in [0.15, 0.2) is 22.7 Å². The number of hydrogen-bond donors (Lipinski definition) is 1. The lowest BCUT2D eigenvalue weighted by Crippen LogP contribution is -2.19. The van der Waals surface area contributed by atoms with Gasteiger partial charge < -0.3 is 10.1 Å². The van der Waals surface area contributed by atoms with Gasteiger partial charge >= 0.3 is 0 Å². The third-order valence-corrected chi connectivity index (χ3v) is 3.51. The van der Waals surface area contributed by atoms with E-state index in [2.05, 4.69) is 53.3 Å². The zero-order chi connectivity index (χ0) is 12.5. The third kappa shape index (κ3) is 6.20. The van der Waals surface area contributed by atoms with Gasteiger partial charge in [0.05, 0.1) is 6.61 Å². The normalized spacial score (nSPS) is 10.8. The lowest BCUT2D eigenvalue weighted by atomic mass is 10.1. The summed E-state index contributed by atoms with van der Waals surface area (Å²) in [5.41, 5.74) is 2.60. The molecule has 0 bridgehead atoms. The number of rotatable bonds is 8. The van der Waals surface area contributed by atoms with Crippen molar-refractivity contribution in [1.82, 2.24) is 5.32 Å². The fraction of sp³-hybridized carbons (Fsp3) is 0.571. The smallest absolute Gasteiger partial charge is 0.0591 e. The van der Waals surface area contributed by atoms with Gasteiger partial charge in [-0.3, -0.25) is 0 Å². The van der Waals surface area contributed by atoms with Gasteiger partial charge in [-0.25, -0.2) is 0 Å². The second-order valence-electron chi connectivity index (χ2n) is 4.23. The van der Waals surface area contributed by atoms with Gasteiger partial charge in [-0.15, -0.1) is 0 Å². The summed E-state index contributed by atoms with van der Waals surface area (Å²) >= 11 is 3.51. The molecule has 0 unspecified atom stereocenters. The first-order valence-corrected chi connectivity index (χ1v) is 7.07. The lowest BCUT2D eigenvalue weighted by Gasteiger charge is -2.07. The van der Waals surface area contributed by atoms with Gasteiger partial charge in [0.2, 0.25) is 0 Å². The van der Waals surface area contributed by atoms with E-state index in [4.69, 9.17) is 4.74 Å². The van der Waals surface area contributed by atoms with Crippen LogP contribution in [0.1, 0.15) is 30.9 Å². The summed E-state index contributed by atoms with van der Waals surface area (Å²) < 4.78 is 6.66. The Morgan fingerprint density at radius 2 is 2.12 bits per heavy atom. The molecule has 1 aromatic rings. The van der Waals surface area contributed by atoms with Crippen LogP contribution in [0.25, 0.3) is 0 Å². The van der Waals surface area contributed by atoms with Crippen LogP contribution in [0.5, 0.6) is 0 Å². The molecule has 0 aliphatic heterocycles. The molecule has 1 aromatic carbocycles. The number of aryl methyl sites for hydroxylation is 1. The molecule has 0 heterocycles. The van der Waals surface area contributed by atoms with Crippen molar-refractivity contribution in [3.63, 3.8) is 0 Å². The van der Waals surface area contributed by atoms with Crippen molar-refractivity contribution in [2.75, 3.05) is 19.8 Å². The molecule has 17 heavy (non-hydrogen) atoms. The highest BCUT2D eigenvalue weighted by Crippen LogP contribution is 2.16. The van der Waals surface area contributed by atoms with E-state index in [-0.39, 0.29) is 0 Å². The van der Waals surface area contributed by atoms with E-state index in [0.717, 1.165) is 32.7 Å². The molecule has 0 saturated heterocycles. The Hall–Kier alpha value is -0.380. The summed E-state index contributed by atoms with van der Waals surface area (Å²) in [4.78, 5) is 0. The highest BCUT2D eigenvalue weighted by Gasteiger charge is 1.97. The molecule has 3 heteroatoms. The first-order chi connectivity index (χ1) is 8.24. The lowest BCUT2D eigenvalue weighted by molar-refractivity contribution is 0.133. The predicted octanol–water partition coefficient (Wildman–Crippen LogP) is 3.66. The minimum atomic E-state index is 0.801. The molecule has 0 amide bonds. The van der Waals surface area contributed by atoms with Crippen molar-refractivity contribution < 1.29 is 4.74 Å². The Morgan fingerprint density at radius 1 is 1.29 bits per heavy atom. The van der Waals surface area contributed by atoms with Crippen LogP contribution in [0.4, 0.5) is 0 Å². The number of ether oxygens (including phenoxy) is 1. The van der Waals surface area contributed by atoms with Crippen LogP contribution in [0.3, 0.4) is 0 Å². The number of unbranched alkanes of at least 4 members (excludes halogenated alkanes) is 1. The molecule has 0 aliphatic rings. The van der Waals surface area contributed by atoms with Crippen molar-refractivity contribution in [2.24, 2.45) is 0 Å². The van der Waals surface area contributed by atoms with Crippen molar-refractivity contribution in [2.45, 2.75) is 33.2 Å². The average Bonchev–Trinajstić information content (AvgIpc) is 2.32. The maximum atomic E-state index is 5.48. The van der Waals surface area contributed by atoms with Crippen LogP contribution < -0.4 is 5.32 Å². The molecule has 0 aromatic heterocycles. The maximum absolute atomic E-state index is 5.48. The molecular weight excluding hydrogens is 278 g/mol. The molecule has 0 atom stereocenters. The highest BCUT2D eigenvalue weighted by molar-refractivity contribution is 9.10. The second-order valence-corrected chi connectivity index (χ2v) is 5.08. The van der Waals surface area contributed by atoms with E-state index in [0.29, 0.717) is 0 Å². The quantitative estimate of drug-likeness (QED) is 0.740.